The highest BCUT2D eigenvalue weighted by atomic mass is 16.6. The van der Waals surface area contributed by atoms with E-state index in [1.54, 1.807) is 20.8 Å². The lowest BCUT2D eigenvalue weighted by Crippen LogP contribution is -2.52. The fraction of sp³-hybridized carbons (Fsp3) is 0.500. The standard InChI is InChI=1S/C28H39N3O4/c1-28(2,3)35-27(34)30-25(17-22-13-8-5-9-14-22)26(33)29-23-18-24(20-32)31(19-23)16-10-15-21-11-6-4-7-12-21/h4-9,11-14,23-25,32H,10,15-20H2,1-3H3,(H,29,33)(H,30,34)/t23-,24-,25-/m0/s1. The largest absolute Gasteiger partial charge is 0.444 e. The van der Waals surface area contributed by atoms with E-state index in [1.807, 2.05) is 48.5 Å². The molecule has 0 aliphatic carbocycles. The predicted molar refractivity (Wildman–Crippen MR) is 137 cm³/mol. The third-order valence-electron chi connectivity index (χ3n) is 6.13. The zero-order chi connectivity index (χ0) is 25.3. The van der Waals surface area contributed by atoms with Crippen LogP contribution in [-0.4, -0.2) is 65.4 Å². The number of ether oxygens (including phenoxy) is 1. The first-order chi connectivity index (χ1) is 16.7. The van der Waals surface area contributed by atoms with Crippen LogP contribution in [0.5, 0.6) is 0 Å². The molecule has 0 radical (unpaired) electrons. The van der Waals surface area contributed by atoms with Crippen molar-refractivity contribution in [2.24, 2.45) is 0 Å². The maximum Gasteiger partial charge on any atom is 0.408 e. The Bertz CT molecular complexity index is 930. The van der Waals surface area contributed by atoms with Crippen molar-refractivity contribution in [2.45, 2.75) is 70.2 Å². The van der Waals surface area contributed by atoms with Crippen molar-refractivity contribution >= 4 is 12.0 Å². The monoisotopic (exact) mass is 481 g/mol. The molecule has 1 saturated heterocycles. The van der Waals surface area contributed by atoms with Crippen molar-refractivity contribution in [1.29, 1.82) is 0 Å². The van der Waals surface area contributed by atoms with Gasteiger partial charge in [-0.1, -0.05) is 60.7 Å². The molecule has 1 heterocycles. The van der Waals surface area contributed by atoms with Crippen LogP contribution in [0.1, 0.15) is 44.7 Å². The lowest BCUT2D eigenvalue weighted by Gasteiger charge is -2.24. The lowest BCUT2D eigenvalue weighted by molar-refractivity contribution is -0.123. The average Bonchev–Trinajstić information content (AvgIpc) is 3.20. The number of carbonyl (C=O) groups excluding carboxylic acids is 2. The highest BCUT2D eigenvalue weighted by Crippen LogP contribution is 2.19. The van der Waals surface area contributed by atoms with Gasteiger partial charge in [0.05, 0.1) is 6.61 Å². The summed E-state index contributed by atoms with van der Waals surface area (Å²) >= 11 is 0. The Balaban J connectivity index is 1.58. The number of amides is 2. The summed E-state index contributed by atoms with van der Waals surface area (Å²) in [5.74, 6) is -0.243. The highest BCUT2D eigenvalue weighted by Gasteiger charge is 2.34. The first-order valence-electron chi connectivity index (χ1n) is 12.5. The van der Waals surface area contributed by atoms with E-state index in [0.717, 1.165) is 24.9 Å². The molecule has 1 aliphatic heterocycles. The lowest BCUT2D eigenvalue weighted by atomic mass is 10.0. The van der Waals surface area contributed by atoms with E-state index in [4.69, 9.17) is 4.74 Å². The van der Waals surface area contributed by atoms with Gasteiger partial charge in [0.1, 0.15) is 11.6 Å². The summed E-state index contributed by atoms with van der Waals surface area (Å²) in [7, 11) is 0. The fourth-order valence-electron chi connectivity index (χ4n) is 4.49. The van der Waals surface area contributed by atoms with Gasteiger partial charge in [-0.15, -0.1) is 0 Å². The van der Waals surface area contributed by atoms with E-state index >= 15 is 0 Å². The minimum Gasteiger partial charge on any atom is -0.444 e. The number of nitrogens with one attached hydrogen (secondary N) is 2. The third-order valence-corrected chi connectivity index (χ3v) is 6.13. The number of aliphatic hydroxyl groups excluding tert-OH is 1. The van der Waals surface area contributed by atoms with Crippen LogP contribution in [0.2, 0.25) is 0 Å². The van der Waals surface area contributed by atoms with Crippen molar-refractivity contribution in [3.63, 3.8) is 0 Å². The fourth-order valence-corrected chi connectivity index (χ4v) is 4.49. The van der Waals surface area contributed by atoms with Crippen LogP contribution in [0.3, 0.4) is 0 Å². The minimum absolute atomic E-state index is 0.0162. The van der Waals surface area contributed by atoms with Gasteiger partial charge in [0, 0.05) is 25.0 Å². The molecule has 2 aromatic carbocycles. The van der Waals surface area contributed by atoms with E-state index in [2.05, 4.69) is 27.7 Å². The topological polar surface area (TPSA) is 90.9 Å². The van der Waals surface area contributed by atoms with E-state index in [-0.39, 0.29) is 24.6 Å². The number of aliphatic hydroxyl groups is 1. The summed E-state index contributed by atoms with van der Waals surface area (Å²) in [5.41, 5.74) is 1.60. The van der Waals surface area contributed by atoms with Crippen LogP contribution in [0, 0.1) is 0 Å². The average molecular weight is 482 g/mol. The number of hydrogen-bond donors (Lipinski definition) is 3. The third kappa shape index (κ3) is 9.00. The summed E-state index contributed by atoms with van der Waals surface area (Å²) in [4.78, 5) is 27.9. The molecule has 0 unspecified atom stereocenters. The molecule has 0 spiro atoms. The predicted octanol–water partition coefficient (Wildman–Crippen LogP) is 3.31. The van der Waals surface area contributed by atoms with E-state index < -0.39 is 17.7 Å². The van der Waals surface area contributed by atoms with Gasteiger partial charge in [-0.2, -0.15) is 0 Å². The number of benzene rings is 2. The molecule has 2 aromatic rings. The molecule has 190 valence electrons. The first-order valence-corrected chi connectivity index (χ1v) is 12.5. The highest BCUT2D eigenvalue weighted by molar-refractivity contribution is 5.86. The van der Waals surface area contributed by atoms with Gasteiger partial charge in [-0.3, -0.25) is 9.69 Å². The number of nitrogens with zero attached hydrogens (tertiary/aromatic N) is 1. The van der Waals surface area contributed by atoms with Crippen molar-refractivity contribution in [3.8, 4) is 0 Å². The molecule has 2 amide bonds. The number of likely N-dealkylation sites (tertiary alicyclic amines) is 1. The summed E-state index contributed by atoms with van der Waals surface area (Å²) < 4.78 is 5.39. The Morgan fingerprint density at radius 3 is 2.29 bits per heavy atom. The second kappa shape index (κ2) is 12.7. The Morgan fingerprint density at radius 1 is 1.06 bits per heavy atom. The quantitative estimate of drug-likeness (QED) is 0.484. The Morgan fingerprint density at radius 2 is 1.69 bits per heavy atom. The summed E-state index contributed by atoms with van der Waals surface area (Å²) in [5, 5.41) is 15.8. The molecule has 1 fully saturated rings. The van der Waals surface area contributed by atoms with Crippen LogP contribution in [0.15, 0.2) is 60.7 Å². The van der Waals surface area contributed by atoms with Crippen molar-refractivity contribution < 1.29 is 19.4 Å². The summed E-state index contributed by atoms with van der Waals surface area (Å²) in [6, 6.07) is 19.1. The van der Waals surface area contributed by atoms with Gasteiger partial charge in [-0.25, -0.2) is 4.79 Å². The Labute approximate surface area is 208 Å². The van der Waals surface area contributed by atoms with Crippen molar-refractivity contribution in [3.05, 3.63) is 71.8 Å². The molecular formula is C28H39N3O4. The maximum absolute atomic E-state index is 13.2. The molecular weight excluding hydrogens is 442 g/mol. The van der Waals surface area contributed by atoms with Crippen LogP contribution in [-0.2, 0) is 22.4 Å². The summed E-state index contributed by atoms with van der Waals surface area (Å²) in [6.07, 6.45) is 2.39. The smallest absolute Gasteiger partial charge is 0.408 e. The second-order valence-corrected chi connectivity index (χ2v) is 10.3. The molecule has 0 saturated carbocycles. The van der Waals surface area contributed by atoms with Gasteiger partial charge >= 0.3 is 6.09 Å². The zero-order valence-corrected chi connectivity index (χ0v) is 21.1. The molecule has 3 rings (SSSR count). The summed E-state index contributed by atoms with van der Waals surface area (Å²) in [6.45, 7) is 6.96. The van der Waals surface area contributed by atoms with Gasteiger partial charge in [0.2, 0.25) is 5.91 Å². The number of hydrogen-bond acceptors (Lipinski definition) is 5. The molecule has 0 aromatic heterocycles. The van der Waals surface area contributed by atoms with Crippen molar-refractivity contribution in [2.75, 3.05) is 19.7 Å². The minimum atomic E-state index is -0.757. The number of alkyl carbamates (subject to hydrolysis) is 1. The van der Waals surface area contributed by atoms with E-state index in [0.29, 0.717) is 19.4 Å². The zero-order valence-electron chi connectivity index (χ0n) is 21.1. The van der Waals surface area contributed by atoms with Gasteiger partial charge < -0.3 is 20.5 Å². The molecule has 7 heteroatoms. The number of aryl methyl sites for hydroxylation is 1. The molecule has 7 nitrogen and oxygen atoms in total. The Kier molecular flexibility index (Phi) is 9.69. The van der Waals surface area contributed by atoms with Crippen LogP contribution >= 0.6 is 0 Å². The number of rotatable bonds is 10. The van der Waals surface area contributed by atoms with Gasteiger partial charge in [0.25, 0.3) is 0 Å². The van der Waals surface area contributed by atoms with Crippen LogP contribution in [0.4, 0.5) is 4.79 Å². The molecule has 0 bridgehead atoms. The van der Waals surface area contributed by atoms with Gasteiger partial charge in [-0.05, 0) is 57.7 Å². The second-order valence-electron chi connectivity index (χ2n) is 10.3. The Hall–Kier alpha value is -2.90. The van der Waals surface area contributed by atoms with E-state index in [1.165, 1.54) is 5.56 Å². The molecule has 3 atom stereocenters. The van der Waals surface area contributed by atoms with Crippen LogP contribution in [0.25, 0.3) is 0 Å². The van der Waals surface area contributed by atoms with E-state index in [9.17, 15) is 14.7 Å². The van der Waals surface area contributed by atoms with Crippen molar-refractivity contribution in [1.82, 2.24) is 15.5 Å². The first kappa shape index (κ1) is 26.7. The molecule has 3 N–H and O–H groups in total. The normalized spacial score (nSPS) is 19.2. The molecule has 35 heavy (non-hydrogen) atoms. The number of carbonyl (C=O) groups is 2. The SMILES string of the molecule is CC(C)(C)OC(=O)N[C@@H](Cc1ccccc1)C(=O)N[C@H]1C[C@@H](CO)N(CCCc2ccccc2)C1. The maximum atomic E-state index is 13.2. The molecule has 1 aliphatic rings. The van der Waals surface area contributed by atoms with Gasteiger partial charge in [0.15, 0.2) is 0 Å². The van der Waals surface area contributed by atoms with Crippen LogP contribution < -0.4 is 10.6 Å².